The highest BCUT2D eigenvalue weighted by atomic mass is 19.4. The standard InChI is InChI=1S/C14H12F4N2O/c15-11-5-9(4-10(7-11)14(16,17)18)12(21)6-8-2-1-3-20-13(8)19/h1-5,7,12,21H,6H2,(H2,19,20). The number of alkyl halides is 3. The molecule has 2 rings (SSSR count). The second kappa shape index (κ2) is 5.69. The maximum absolute atomic E-state index is 13.3. The average Bonchev–Trinajstić information content (AvgIpc) is 2.39. The molecule has 0 spiro atoms. The van der Waals surface area contributed by atoms with Gasteiger partial charge in [-0.15, -0.1) is 0 Å². The molecule has 0 aliphatic heterocycles. The minimum atomic E-state index is -4.68. The third-order valence-corrected chi connectivity index (χ3v) is 2.97. The van der Waals surface area contributed by atoms with E-state index in [1.165, 1.54) is 6.20 Å². The van der Waals surface area contributed by atoms with Crippen LogP contribution >= 0.6 is 0 Å². The van der Waals surface area contributed by atoms with Crippen molar-refractivity contribution >= 4 is 5.82 Å². The number of rotatable bonds is 3. The molecule has 21 heavy (non-hydrogen) atoms. The summed E-state index contributed by atoms with van der Waals surface area (Å²) in [6.07, 6.45) is -4.59. The van der Waals surface area contributed by atoms with E-state index in [0.29, 0.717) is 11.6 Å². The van der Waals surface area contributed by atoms with Crippen LogP contribution < -0.4 is 5.73 Å². The fourth-order valence-electron chi connectivity index (χ4n) is 1.92. The molecule has 0 saturated heterocycles. The van der Waals surface area contributed by atoms with Gasteiger partial charge < -0.3 is 10.8 Å². The molecule has 1 aromatic heterocycles. The van der Waals surface area contributed by atoms with Gasteiger partial charge in [0, 0.05) is 12.6 Å². The van der Waals surface area contributed by atoms with Gasteiger partial charge in [-0.3, -0.25) is 0 Å². The number of aliphatic hydroxyl groups is 1. The number of hydrogen-bond donors (Lipinski definition) is 2. The number of nitrogens with two attached hydrogens (primary N) is 1. The first-order valence-electron chi connectivity index (χ1n) is 6.02. The lowest BCUT2D eigenvalue weighted by molar-refractivity contribution is -0.137. The Labute approximate surface area is 118 Å². The van der Waals surface area contributed by atoms with E-state index in [-0.39, 0.29) is 17.8 Å². The first-order chi connectivity index (χ1) is 9.77. The fraction of sp³-hybridized carbons (Fsp3) is 0.214. The van der Waals surface area contributed by atoms with Gasteiger partial charge in [0.25, 0.3) is 0 Å². The van der Waals surface area contributed by atoms with Crippen LogP contribution in [0.5, 0.6) is 0 Å². The highest BCUT2D eigenvalue weighted by molar-refractivity contribution is 5.40. The molecule has 0 saturated carbocycles. The topological polar surface area (TPSA) is 59.1 Å². The Kier molecular flexibility index (Phi) is 4.13. The van der Waals surface area contributed by atoms with E-state index in [1.807, 2.05) is 0 Å². The number of anilines is 1. The fourth-order valence-corrected chi connectivity index (χ4v) is 1.92. The van der Waals surface area contributed by atoms with Gasteiger partial charge in [-0.05, 0) is 35.4 Å². The third kappa shape index (κ3) is 3.69. The Balaban J connectivity index is 2.29. The van der Waals surface area contributed by atoms with Crippen molar-refractivity contribution in [1.82, 2.24) is 4.98 Å². The van der Waals surface area contributed by atoms with E-state index >= 15 is 0 Å². The first-order valence-corrected chi connectivity index (χ1v) is 6.02. The largest absolute Gasteiger partial charge is 0.416 e. The predicted octanol–water partition coefficient (Wildman–Crippen LogP) is 3.10. The van der Waals surface area contributed by atoms with Crippen molar-refractivity contribution in [3.63, 3.8) is 0 Å². The van der Waals surface area contributed by atoms with Gasteiger partial charge in [-0.2, -0.15) is 13.2 Å². The van der Waals surface area contributed by atoms with Crippen molar-refractivity contribution in [1.29, 1.82) is 0 Å². The van der Waals surface area contributed by atoms with Crippen LogP contribution in [0.1, 0.15) is 22.8 Å². The number of nitrogens with zero attached hydrogens (tertiary/aromatic N) is 1. The van der Waals surface area contributed by atoms with Gasteiger partial charge >= 0.3 is 6.18 Å². The summed E-state index contributed by atoms with van der Waals surface area (Å²) in [5.41, 5.74) is 4.77. The molecule has 2 aromatic rings. The summed E-state index contributed by atoms with van der Waals surface area (Å²) in [6, 6.07) is 5.15. The molecule has 0 aliphatic carbocycles. The molecule has 0 aliphatic rings. The molecule has 3 nitrogen and oxygen atoms in total. The number of aliphatic hydroxyl groups excluding tert-OH is 1. The zero-order valence-corrected chi connectivity index (χ0v) is 10.7. The van der Waals surface area contributed by atoms with Crippen molar-refractivity contribution in [3.8, 4) is 0 Å². The normalized spacial score (nSPS) is 13.2. The molecular weight excluding hydrogens is 288 g/mol. The van der Waals surface area contributed by atoms with Gasteiger partial charge in [0.15, 0.2) is 0 Å². The number of halogens is 4. The molecule has 112 valence electrons. The van der Waals surface area contributed by atoms with Crippen LogP contribution in [0.2, 0.25) is 0 Å². The lowest BCUT2D eigenvalue weighted by Crippen LogP contribution is -2.10. The Hall–Kier alpha value is -2.15. The number of benzene rings is 1. The Morgan fingerprint density at radius 3 is 2.57 bits per heavy atom. The summed E-state index contributed by atoms with van der Waals surface area (Å²) < 4.78 is 51.2. The van der Waals surface area contributed by atoms with Crippen molar-refractivity contribution < 1.29 is 22.7 Å². The number of nitrogen functional groups attached to an aromatic ring is 1. The van der Waals surface area contributed by atoms with Crippen LogP contribution in [0, 0.1) is 5.82 Å². The summed E-state index contributed by atoms with van der Waals surface area (Å²) in [5.74, 6) is -0.887. The second-order valence-corrected chi connectivity index (χ2v) is 4.54. The molecule has 7 heteroatoms. The molecule has 3 N–H and O–H groups in total. The maximum Gasteiger partial charge on any atom is 0.416 e. The van der Waals surface area contributed by atoms with Crippen LogP contribution in [0.3, 0.4) is 0 Å². The van der Waals surface area contributed by atoms with Crippen molar-refractivity contribution in [2.45, 2.75) is 18.7 Å². The van der Waals surface area contributed by atoms with Crippen LogP contribution in [-0.2, 0) is 12.6 Å². The lowest BCUT2D eigenvalue weighted by atomic mass is 9.99. The van der Waals surface area contributed by atoms with Crippen molar-refractivity contribution in [2.75, 3.05) is 5.73 Å². The molecular formula is C14H12F4N2O. The summed E-state index contributed by atoms with van der Waals surface area (Å²) in [4.78, 5) is 3.81. The monoisotopic (exact) mass is 300 g/mol. The van der Waals surface area contributed by atoms with E-state index < -0.39 is 23.7 Å². The van der Waals surface area contributed by atoms with Gasteiger partial charge in [0.1, 0.15) is 11.6 Å². The quantitative estimate of drug-likeness (QED) is 0.856. The van der Waals surface area contributed by atoms with Crippen LogP contribution in [0.4, 0.5) is 23.4 Å². The van der Waals surface area contributed by atoms with E-state index in [1.54, 1.807) is 12.1 Å². The molecule has 1 unspecified atom stereocenters. The molecule has 1 heterocycles. The zero-order chi connectivity index (χ0) is 15.6. The van der Waals surface area contributed by atoms with E-state index in [4.69, 9.17) is 5.73 Å². The smallest absolute Gasteiger partial charge is 0.388 e. The summed E-state index contributed by atoms with van der Waals surface area (Å²) in [6.45, 7) is 0. The lowest BCUT2D eigenvalue weighted by Gasteiger charge is -2.15. The molecule has 0 bridgehead atoms. The van der Waals surface area contributed by atoms with Crippen molar-refractivity contribution in [2.24, 2.45) is 0 Å². The van der Waals surface area contributed by atoms with Gasteiger partial charge in [-0.1, -0.05) is 6.07 Å². The van der Waals surface area contributed by atoms with Gasteiger partial charge in [-0.25, -0.2) is 9.37 Å². The van der Waals surface area contributed by atoms with E-state index in [2.05, 4.69) is 4.98 Å². The van der Waals surface area contributed by atoms with Crippen LogP contribution in [-0.4, -0.2) is 10.1 Å². The molecule has 0 fully saturated rings. The second-order valence-electron chi connectivity index (χ2n) is 4.54. The summed E-state index contributed by atoms with van der Waals surface area (Å²) >= 11 is 0. The van der Waals surface area contributed by atoms with Gasteiger partial charge in [0.2, 0.25) is 0 Å². The average molecular weight is 300 g/mol. The van der Waals surface area contributed by atoms with Gasteiger partial charge in [0.05, 0.1) is 11.7 Å². The highest BCUT2D eigenvalue weighted by Crippen LogP contribution is 2.32. The molecule has 0 radical (unpaired) electrons. The number of aromatic nitrogens is 1. The summed E-state index contributed by atoms with van der Waals surface area (Å²) in [7, 11) is 0. The van der Waals surface area contributed by atoms with E-state index in [0.717, 1.165) is 12.1 Å². The Morgan fingerprint density at radius 1 is 1.24 bits per heavy atom. The molecule has 1 aromatic carbocycles. The minimum absolute atomic E-state index is 0.0551. The zero-order valence-electron chi connectivity index (χ0n) is 10.7. The third-order valence-electron chi connectivity index (χ3n) is 2.97. The first kappa shape index (κ1) is 15.2. The van der Waals surface area contributed by atoms with E-state index in [9.17, 15) is 22.7 Å². The Bertz CT molecular complexity index is 643. The predicted molar refractivity (Wildman–Crippen MR) is 68.7 cm³/mol. The molecule has 0 amide bonds. The highest BCUT2D eigenvalue weighted by Gasteiger charge is 2.32. The number of pyridine rings is 1. The molecule has 1 atom stereocenters. The SMILES string of the molecule is Nc1ncccc1CC(O)c1cc(F)cc(C(F)(F)F)c1. The maximum atomic E-state index is 13.3. The minimum Gasteiger partial charge on any atom is -0.388 e. The van der Waals surface area contributed by atoms with Crippen LogP contribution in [0.25, 0.3) is 0 Å². The number of hydrogen-bond acceptors (Lipinski definition) is 3. The van der Waals surface area contributed by atoms with Crippen LogP contribution in [0.15, 0.2) is 36.5 Å². The van der Waals surface area contributed by atoms with Crippen molar-refractivity contribution in [3.05, 3.63) is 59.0 Å². The Morgan fingerprint density at radius 2 is 1.95 bits per heavy atom. The summed E-state index contributed by atoms with van der Waals surface area (Å²) in [5, 5.41) is 10.00.